The fourth-order valence-electron chi connectivity index (χ4n) is 1.62. The zero-order valence-electron chi connectivity index (χ0n) is 10.6. The van der Waals surface area contributed by atoms with Crippen molar-refractivity contribution < 1.29 is 0 Å². The van der Waals surface area contributed by atoms with Gasteiger partial charge in [-0.05, 0) is 30.5 Å². The van der Waals surface area contributed by atoms with E-state index in [0.717, 1.165) is 0 Å². The number of rotatable bonds is 4. The number of hydrogen-bond acceptors (Lipinski definition) is 2. The third-order valence-electron chi connectivity index (χ3n) is 3.01. The van der Waals surface area contributed by atoms with Crippen molar-refractivity contribution in [2.45, 2.75) is 39.2 Å². The average Bonchev–Trinajstić information content (AvgIpc) is 2.28. The maximum absolute atomic E-state index is 8.67. The molecule has 0 N–H and O–H groups in total. The highest BCUT2D eigenvalue weighted by Gasteiger charge is 2.09. The molecule has 0 saturated heterocycles. The molecule has 0 aliphatic rings. The molecule has 1 atom stereocenters. The Labute approximate surface area is 98.5 Å². The molecule has 16 heavy (non-hydrogen) atoms. The Morgan fingerprint density at radius 3 is 2.19 bits per heavy atom. The molecule has 0 heterocycles. The molecule has 2 nitrogen and oxygen atoms in total. The molecule has 0 spiro atoms. The van der Waals surface area contributed by atoms with Crippen molar-refractivity contribution in [2.24, 2.45) is 0 Å². The van der Waals surface area contributed by atoms with Gasteiger partial charge in [0, 0.05) is 18.8 Å². The third kappa shape index (κ3) is 3.00. The maximum atomic E-state index is 8.67. The lowest BCUT2D eigenvalue weighted by Gasteiger charge is -2.25. The predicted octanol–water partition coefficient (Wildman–Crippen LogP) is 3.55. The van der Waals surface area contributed by atoms with Gasteiger partial charge in [-0.25, -0.2) is 0 Å². The Bertz CT molecular complexity index is 359. The molecular weight excluding hydrogens is 196 g/mol. The van der Waals surface area contributed by atoms with Crippen molar-refractivity contribution in [3.63, 3.8) is 0 Å². The molecule has 86 valence electrons. The van der Waals surface area contributed by atoms with Gasteiger partial charge in [-0.1, -0.05) is 26.0 Å². The minimum Gasteiger partial charge on any atom is -0.371 e. The van der Waals surface area contributed by atoms with E-state index in [4.69, 9.17) is 5.26 Å². The highest BCUT2D eigenvalue weighted by atomic mass is 15.1. The molecule has 0 fully saturated rings. The first-order valence-electron chi connectivity index (χ1n) is 5.76. The van der Waals surface area contributed by atoms with Gasteiger partial charge in [-0.2, -0.15) is 5.26 Å². The Hall–Kier alpha value is -1.49. The average molecular weight is 216 g/mol. The molecule has 1 unspecified atom stereocenters. The van der Waals surface area contributed by atoms with Crippen molar-refractivity contribution in [3.05, 3.63) is 29.8 Å². The van der Waals surface area contributed by atoms with E-state index in [1.165, 1.54) is 11.3 Å². The second kappa shape index (κ2) is 5.55. The molecule has 1 aromatic rings. The van der Waals surface area contributed by atoms with Crippen molar-refractivity contribution in [2.75, 3.05) is 11.9 Å². The van der Waals surface area contributed by atoms with Crippen LogP contribution in [-0.2, 0) is 0 Å². The number of nitriles is 1. The molecular formula is C14H20N2. The molecule has 0 aromatic heterocycles. The van der Waals surface area contributed by atoms with Crippen molar-refractivity contribution in [3.8, 4) is 6.07 Å². The zero-order chi connectivity index (χ0) is 12.1. The minimum atomic E-state index is 0.259. The topological polar surface area (TPSA) is 27.0 Å². The van der Waals surface area contributed by atoms with Gasteiger partial charge in [-0.3, -0.25) is 0 Å². The summed E-state index contributed by atoms with van der Waals surface area (Å²) in [5.74, 6) is 0.566. The van der Waals surface area contributed by atoms with E-state index in [2.05, 4.69) is 56.0 Å². The van der Waals surface area contributed by atoms with Crippen LogP contribution in [0.1, 0.15) is 38.7 Å². The molecule has 0 bridgehead atoms. The fourth-order valence-corrected chi connectivity index (χ4v) is 1.62. The largest absolute Gasteiger partial charge is 0.371 e. The summed E-state index contributed by atoms with van der Waals surface area (Å²) in [6.45, 7) is 6.45. The quantitative estimate of drug-likeness (QED) is 0.769. The van der Waals surface area contributed by atoms with Crippen LogP contribution < -0.4 is 4.90 Å². The van der Waals surface area contributed by atoms with Gasteiger partial charge in [-0.15, -0.1) is 0 Å². The van der Waals surface area contributed by atoms with Crippen molar-refractivity contribution in [1.82, 2.24) is 0 Å². The van der Waals surface area contributed by atoms with Crippen molar-refractivity contribution >= 4 is 5.69 Å². The van der Waals surface area contributed by atoms with Gasteiger partial charge in [0.25, 0.3) is 0 Å². The summed E-state index contributed by atoms with van der Waals surface area (Å²) < 4.78 is 0. The van der Waals surface area contributed by atoms with Gasteiger partial charge in [0.15, 0.2) is 0 Å². The maximum Gasteiger partial charge on any atom is 0.0643 e. The standard InChI is InChI=1S/C14H20N2/c1-11(2)13-5-7-14(8-6-13)16(4)12(3)9-10-15/h5-8,11-12H,9H2,1-4H3. The molecule has 0 saturated carbocycles. The summed E-state index contributed by atoms with van der Waals surface area (Å²) in [5, 5.41) is 8.67. The number of hydrogen-bond donors (Lipinski definition) is 0. The first-order valence-corrected chi connectivity index (χ1v) is 5.76. The van der Waals surface area contributed by atoms with Gasteiger partial charge in [0.1, 0.15) is 0 Å². The first kappa shape index (κ1) is 12.6. The van der Waals surface area contributed by atoms with Gasteiger partial charge in [0.05, 0.1) is 12.5 Å². The van der Waals surface area contributed by atoms with Gasteiger partial charge >= 0.3 is 0 Å². The predicted molar refractivity (Wildman–Crippen MR) is 68.6 cm³/mol. The van der Waals surface area contributed by atoms with E-state index in [-0.39, 0.29) is 6.04 Å². The summed E-state index contributed by atoms with van der Waals surface area (Å²) >= 11 is 0. The fraction of sp³-hybridized carbons (Fsp3) is 0.500. The van der Waals surface area contributed by atoms with Crippen LogP contribution in [0, 0.1) is 11.3 Å². The normalized spacial score (nSPS) is 12.2. The monoisotopic (exact) mass is 216 g/mol. The summed E-state index contributed by atoms with van der Waals surface area (Å²) in [4.78, 5) is 2.15. The van der Waals surface area contributed by atoms with Gasteiger partial charge in [0.2, 0.25) is 0 Å². The lowest BCUT2D eigenvalue weighted by atomic mass is 10.0. The van der Waals surface area contributed by atoms with E-state index in [9.17, 15) is 0 Å². The number of anilines is 1. The Morgan fingerprint density at radius 2 is 1.75 bits per heavy atom. The zero-order valence-corrected chi connectivity index (χ0v) is 10.6. The molecule has 0 amide bonds. The lowest BCUT2D eigenvalue weighted by molar-refractivity contribution is 0.702. The van der Waals surface area contributed by atoms with E-state index >= 15 is 0 Å². The summed E-state index contributed by atoms with van der Waals surface area (Å²) in [7, 11) is 2.03. The molecule has 1 rings (SSSR count). The highest BCUT2D eigenvalue weighted by Crippen LogP contribution is 2.21. The second-order valence-corrected chi connectivity index (χ2v) is 4.57. The molecule has 0 aliphatic heterocycles. The van der Waals surface area contributed by atoms with Crippen molar-refractivity contribution in [1.29, 1.82) is 5.26 Å². The van der Waals surface area contributed by atoms with Crippen LogP contribution in [-0.4, -0.2) is 13.1 Å². The molecule has 2 heteroatoms. The Morgan fingerprint density at radius 1 is 1.19 bits per heavy atom. The van der Waals surface area contributed by atoms with E-state index in [1.54, 1.807) is 0 Å². The summed E-state index contributed by atoms with van der Waals surface area (Å²) in [6.07, 6.45) is 0.558. The smallest absolute Gasteiger partial charge is 0.0643 e. The van der Waals surface area contributed by atoms with Crippen LogP contribution >= 0.6 is 0 Å². The van der Waals surface area contributed by atoms with E-state index in [1.807, 2.05) is 7.05 Å². The third-order valence-corrected chi connectivity index (χ3v) is 3.01. The number of nitrogens with zero attached hydrogens (tertiary/aromatic N) is 2. The second-order valence-electron chi connectivity index (χ2n) is 4.57. The molecule has 0 aliphatic carbocycles. The van der Waals surface area contributed by atoms with Crippen LogP contribution in [0.2, 0.25) is 0 Å². The van der Waals surface area contributed by atoms with Gasteiger partial charge < -0.3 is 4.90 Å². The first-order chi connectivity index (χ1) is 7.56. The molecule has 0 radical (unpaired) electrons. The van der Waals surface area contributed by atoms with Crippen LogP contribution in [0.25, 0.3) is 0 Å². The Balaban J connectivity index is 2.78. The highest BCUT2D eigenvalue weighted by molar-refractivity contribution is 5.48. The summed E-state index contributed by atoms with van der Waals surface area (Å²) in [6, 6.07) is 11.0. The molecule has 1 aromatic carbocycles. The van der Waals surface area contributed by atoms with E-state index in [0.29, 0.717) is 12.3 Å². The van der Waals surface area contributed by atoms with Crippen LogP contribution in [0.4, 0.5) is 5.69 Å². The van der Waals surface area contributed by atoms with Crippen LogP contribution in [0.5, 0.6) is 0 Å². The lowest BCUT2D eigenvalue weighted by Crippen LogP contribution is -2.28. The SMILES string of the molecule is CC(C)c1ccc(N(C)C(C)CC#N)cc1. The van der Waals surface area contributed by atoms with Crippen LogP contribution in [0.3, 0.4) is 0 Å². The van der Waals surface area contributed by atoms with E-state index < -0.39 is 0 Å². The summed E-state index contributed by atoms with van der Waals surface area (Å²) in [5.41, 5.74) is 2.53. The Kier molecular flexibility index (Phi) is 4.37. The number of benzene rings is 1. The minimum absolute atomic E-state index is 0.259. The van der Waals surface area contributed by atoms with Crippen LogP contribution in [0.15, 0.2) is 24.3 Å².